The van der Waals surface area contributed by atoms with E-state index in [-0.39, 0.29) is 28.7 Å². The van der Waals surface area contributed by atoms with Crippen molar-refractivity contribution in [3.05, 3.63) is 75.6 Å². The standard InChI is InChI=1S/C25H22ClN7O7S/c1-25(2)17(21(36)37)32-19(35)16(20(32)41-25)27-18(34)15(12-8-4-3-5-9-12)28-23-29-22(26)30-24(31-23)40-14-11-7-6-10-13(14)33(38)39/h3-11,15-17,20H,1-2H3,(H,27,34)(H,36,37)(H,28,29,30,31)/t15?,16-,17+,20-/m1/s1. The Balaban J connectivity index is 1.39. The summed E-state index contributed by atoms with van der Waals surface area (Å²) < 4.78 is 4.76. The number of benzene rings is 2. The molecule has 0 spiro atoms. The van der Waals surface area contributed by atoms with Crippen LogP contribution >= 0.6 is 23.4 Å². The lowest BCUT2D eigenvalue weighted by Gasteiger charge is -2.44. The van der Waals surface area contributed by atoms with Crippen molar-refractivity contribution in [1.82, 2.24) is 25.2 Å². The first-order valence-electron chi connectivity index (χ1n) is 12.1. The zero-order chi connectivity index (χ0) is 29.5. The normalized spacial score (nSPS) is 21.3. The number of carbonyl (C=O) groups is 3. The molecule has 2 fully saturated rings. The van der Waals surface area contributed by atoms with E-state index < -0.39 is 51.0 Å². The van der Waals surface area contributed by atoms with Crippen LogP contribution in [0.25, 0.3) is 0 Å². The number of amides is 2. The number of aliphatic carboxylic acids is 1. The third-order valence-electron chi connectivity index (χ3n) is 6.49. The highest BCUT2D eigenvalue weighted by atomic mass is 35.5. The van der Waals surface area contributed by atoms with Gasteiger partial charge in [-0.1, -0.05) is 42.5 Å². The number of fused-ring (bicyclic) bond motifs is 1. The number of nitro benzene ring substituents is 1. The molecule has 2 aliphatic rings. The smallest absolute Gasteiger partial charge is 0.328 e. The van der Waals surface area contributed by atoms with Gasteiger partial charge in [-0.05, 0) is 37.1 Å². The number of ether oxygens (including phenoxy) is 1. The van der Waals surface area contributed by atoms with Crippen LogP contribution in [0.4, 0.5) is 11.6 Å². The molecule has 3 heterocycles. The van der Waals surface area contributed by atoms with E-state index in [1.807, 2.05) is 0 Å². The van der Waals surface area contributed by atoms with Crippen LogP contribution in [0.5, 0.6) is 11.8 Å². The van der Waals surface area contributed by atoms with Gasteiger partial charge < -0.3 is 25.4 Å². The highest BCUT2D eigenvalue weighted by Crippen LogP contribution is 2.50. The van der Waals surface area contributed by atoms with Crippen molar-refractivity contribution in [3.63, 3.8) is 0 Å². The minimum atomic E-state index is -1.12. The molecule has 0 radical (unpaired) electrons. The summed E-state index contributed by atoms with van der Waals surface area (Å²) in [6, 6.07) is 10.7. The quantitative estimate of drug-likeness (QED) is 0.185. The van der Waals surface area contributed by atoms with Crippen LogP contribution < -0.4 is 15.4 Å². The zero-order valence-electron chi connectivity index (χ0n) is 21.4. The lowest BCUT2D eigenvalue weighted by Crippen LogP contribution is -2.71. The maximum absolute atomic E-state index is 13.6. The Morgan fingerprint density at radius 3 is 2.51 bits per heavy atom. The lowest BCUT2D eigenvalue weighted by molar-refractivity contribution is -0.385. The van der Waals surface area contributed by atoms with Crippen molar-refractivity contribution in [2.45, 2.75) is 42.1 Å². The molecule has 3 aromatic rings. The maximum atomic E-state index is 13.6. The number of carboxylic acid groups (broad SMARTS) is 1. The molecule has 41 heavy (non-hydrogen) atoms. The number of rotatable bonds is 9. The molecule has 0 bridgehead atoms. The first-order valence-corrected chi connectivity index (χ1v) is 13.4. The summed E-state index contributed by atoms with van der Waals surface area (Å²) in [6.45, 7) is 3.48. The summed E-state index contributed by atoms with van der Waals surface area (Å²) in [5.41, 5.74) is 0.173. The Kier molecular flexibility index (Phi) is 7.40. The number of hydrogen-bond donors (Lipinski definition) is 3. The first kappa shape index (κ1) is 28.0. The second-order valence-corrected chi connectivity index (χ2v) is 11.7. The number of carboxylic acids is 1. The summed E-state index contributed by atoms with van der Waals surface area (Å²) in [5.74, 6) is -2.52. The van der Waals surface area contributed by atoms with E-state index in [0.29, 0.717) is 5.56 Å². The van der Waals surface area contributed by atoms with Gasteiger partial charge in [-0.15, -0.1) is 11.8 Å². The molecule has 0 aliphatic carbocycles. The lowest BCUT2D eigenvalue weighted by atomic mass is 9.95. The Morgan fingerprint density at radius 1 is 1.15 bits per heavy atom. The molecule has 16 heteroatoms. The number of carbonyl (C=O) groups excluding carboxylic acids is 2. The summed E-state index contributed by atoms with van der Waals surface area (Å²) in [7, 11) is 0. The number of nitrogens with one attached hydrogen (secondary N) is 2. The number of para-hydroxylation sites is 2. The van der Waals surface area contributed by atoms with E-state index in [2.05, 4.69) is 25.6 Å². The van der Waals surface area contributed by atoms with Crippen molar-refractivity contribution in [2.75, 3.05) is 5.32 Å². The second-order valence-electron chi connectivity index (χ2n) is 9.61. The van der Waals surface area contributed by atoms with Crippen LogP contribution in [0.3, 0.4) is 0 Å². The number of nitrogens with zero attached hydrogens (tertiary/aromatic N) is 5. The number of anilines is 1. The average Bonchev–Trinajstić information content (AvgIpc) is 3.18. The van der Waals surface area contributed by atoms with Gasteiger partial charge in [0, 0.05) is 10.8 Å². The molecule has 2 aromatic carbocycles. The molecule has 5 rings (SSSR count). The van der Waals surface area contributed by atoms with Crippen molar-refractivity contribution < 1.29 is 29.2 Å². The average molecular weight is 600 g/mol. The number of hydrogen-bond acceptors (Lipinski definition) is 11. The van der Waals surface area contributed by atoms with Crippen LogP contribution in [-0.4, -0.2) is 69.9 Å². The van der Waals surface area contributed by atoms with Crippen LogP contribution in [0.15, 0.2) is 54.6 Å². The second kappa shape index (κ2) is 10.8. The van der Waals surface area contributed by atoms with Crippen molar-refractivity contribution in [2.24, 2.45) is 0 Å². The molecule has 3 N–H and O–H groups in total. The van der Waals surface area contributed by atoms with Gasteiger partial charge in [0.25, 0.3) is 0 Å². The fourth-order valence-corrected chi connectivity index (χ4v) is 6.47. The Morgan fingerprint density at radius 2 is 1.83 bits per heavy atom. The molecule has 14 nitrogen and oxygen atoms in total. The maximum Gasteiger partial charge on any atom is 0.328 e. The topological polar surface area (TPSA) is 190 Å². The molecular weight excluding hydrogens is 578 g/mol. The highest BCUT2D eigenvalue weighted by Gasteiger charge is 2.64. The van der Waals surface area contributed by atoms with E-state index in [9.17, 15) is 29.6 Å². The van der Waals surface area contributed by atoms with Crippen molar-refractivity contribution >= 4 is 52.8 Å². The molecule has 1 aromatic heterocycles. The van der Waals surface area contributed by atoms with Gasteiger partial charge >= 0.3 is 17.7 Å². The van der Waals surface area contributed by atoms with Crippen molar-refractivity contribution in [3.8, 4) is 11.8 Å². The van der Waals surface area contributed by atoms with Gasteiger partial charge in [0.15, 0.2) is 0 Å². The number of thioether (sulfide) groups is 1. The van der Waals surface area contributed by atoms with Crippen LogP contribution in [-0.2, 0) is 14.4 Å². The number of nitro groups is 1. The van der Waals surface area contributed by atoms with Gasteiger partial charge in [-0.25, -0.2) is 4.79 Å². The number of aromatic nitrogens is 3. The predicted molar refractivity (Wildman–Crippen MR) is 146 cm³/mol. The summed E-state index contributed by atoms with van der Waals surface area (Å²) in [6.07, 6.45) is 0. The zero-order valence-corrected chi connectivity index (χ0v) is 23.0. The number of halogens is 1. The third kappa shape index (κ3) is 5.45. The molecule has 212 valence electrons. The molecule has 2 amide bonds. The van der Waals surface area contributed by atoms with E-state index in [4.69, 9.17) is 16.3 Å². The van der Waals surface area contributed by atoms with Gasteiger partial charge in [-0.2, -0.15) is 15.0 Å². The van der Waals surface area contributed by atoms with Crippen LogP contribution in [0.1, 0.15) is 25.5 Å². The molecule has 4 atom stereocenters. The van der Waals surface area contributed by atoms with Gasteiger partial charge in [0.05, 0.1) is 4.92 Å². The monoisotopic (exact) mass is 599 g/mol. The summed E-state index contributed by atoms with van der Waals surface area (Å²) in [4.78, 5) is 62.3. The fourth-order valence-electron chi connectivity index (χ4n) is 4.69. The summed E-state index contributed by atoms with van der Waals surface area (Å²) >= 11 is 7.37. The molecule has 2 aliphatic heterocycles. The summed E-state index contributed by atoms with van der Waals surface area (Å²) in [5, 5.41) is 25.8. The van der Waals surface area contributed by atoms with Gasteiger partial charge in [-0.3, -0.25) is 19.7 Å². The van der Waals surface area contributed by atoms with E-state index >= 15 is 0 Å². The van der Waals surface area contributed by atoms with Gasteiger partial charge in [0.2, 0.25) is 28.8 Å². The van der Waals surface area contributed by atoms with E-state index in [1.54, 1.807) is 44.2 Å². The van der Waals surface area contributed by atoms with E-state index in [0.717, 1.165) is 0 Å². The molecular formula is C25H22ClN7O7S. The largest absolute Gasteiger partial charge is 0.480 e. The van der Waals surface area contributed by atoms with Crippen molar-refractivity contribution in [1.29, 1.82) is 0 Å². The Labute approximate surface area is 241 Å². The Bertz CT molecular complexity index is 1540. The molecule has 0 saturated carbocycles. The minimum Gasteiger partial charge on any atom is -0.480 e. The Hall–Kier alpha value is -4.50. The SMILES string of the molecule is CC1(C)S[C@@H]2[C@H](NC(=O)C(Nc3nc(Cl)nc(Oc4ccccc4[N+](=O)[O-])n3)c3ccccc3)C(=O)N2[C@H]1C(=O)O. The highest BCUT2D eigenvalue weighted by molar-refractivity contribution is 8.01. The number of β-lactam (4-membered cyclic amide) rings is 1. The predicted octanol–water partition coefficient (Wildman–Crippen LogP) is 3.01. The fraction of sp³-hybridized carbons (Fsp3) is 0.280. The third-order valence-corrected chi connectivity index (χ3v) is 8.23. The molecule has 2 saturated heterocycles. The molecule has 1 unspecified atom stereocenters. The first-order chi connectivity index (χ1) is 19.5. The van der Waals surface area contributed by atoms with Gasteiger partial charge in [0.1, 0.15) is 23.5 Å². The minimum absolute atomic E-state index is 0.132. The van der Waals surface area contributed by atoms with E-state index in [1.165, 1.54) is 40.9 Å². The van der Waals surface area contributed by atoms with Crippen LogP contribution in [0, 0.1) is 10.1 Å². The van der Waals surface area contributed by atoms with Crippen LogP contribution in [0.2, 0.25) is 5.28 Å².